The molecule has 0 atom stereocenters. The number of unbranched alkanes of at least 4 members (excludes halogenated alkanes) is 5. The molecule has 5 heteroatoms. The number of rotatable bonds is 12. The molecular formula is C22H28ClNO3. The van der Waals surface area contributed by atoms with E-state index in [9.17, 15) is 4.79 Å². The van der Waals surface area contributed by atoms with Crippen molar-refractivity contribution in [2.75, 3.05) is 18.5 Å². The Balaban J connectivity index is 1.64. The number of anilines is 1. The van der Waals surface area contributed by atoms with Crippen molar-refractivity contribution >= 4 is 23.2 Å². The van der Waals surface area contributed by atoms with Crippen molar-refractivity contribution in [3.63, 3.8) is 0 Å². The zero-order chi connectivity index (χ0) is 19.3. The van der Waals surface area contributed by atoms with Gasteiger partial charge in [0.25, 0.3) is 5.91 Å². The number of carbonyl (C=O) groups excluding carboxylic acids is 1. The third-order valence-electron chi connectivity index (χ3n) is 4.07. The average Bonchev–Trinajstić information content (AvgIpc) is 2.66. The maximum absolute atomic E-state index is 11.9. The summed E-state index contributed by atoms with van der Waals surface area (Å²) in [6, 6.07) is 14.3. The molecule has 2 aromatic rings. The highest BCUT2D eigenvalue weighted by molar-refractivity contribution is 6.30. The Hall–Kier alpha value is -2.20. The van der Waals surface area contributed by atoms with E-state index in [4.69, 9.17) is 21.1 Å². The molecule has 0 heterocycles. The molecule has 146 valence electrons. The first kappa shape index (κ1) is 21.1. The van der Waals surface area contributed by atoms with E-state index in [1.165, 1.54) is 32.1 Å². The zero-order valence-corrected chi connectivity index (χ0v) is 16.6. The lowest BCUT2D eigenvalue weighted by Crippen LogP contribution is -2.20. The Kier molecular flexibility index (Phi) is 9.56. The average molecular weight is 390 g/mol. The van der Waals surface area contributed by atoms with Gasteiger partial charge >= 0.3 is 0 Å². The Labute approximate surface area is 166 Å². The molecule has 1 N–H and O–H groups in total. The Morgan fingerprint density at radius 1 is 0.926 bits per heavy atom. The van der Waals surface area contributed by atoms with Crippen molar-refractivity contribution < 1.29 is 14.3 Å². The summed E-state index contributed by atoms with van der Waals surface area (Å²) in [6.07, 6.45) is 7.47. The van der Waals surface area contributed by atoms with Crippen LogP contribution in [-0.2, 0) is 4.79 Å². The van der Waals surface area contributed by atoms with Crippen molar-refractivity contribution in [3.05, 3.63) is 53.6 Å². The SMILES string of the molecule is CCCCCCCCOc1ccc(OCC(=O)Nc2cccc(Cl)c2)cc1. The lowest BCUT2D eigenvalue weighted by atomic mass is 10.1. The van der Waals surface area contributed by atoms with Gasteiger partial charge in [0.15, 0.2) is 6.61 Å². The number of nitrogens with one attached hydrogen (secondary N) is 1. The van der Waals surface area contributed by atoms with Gasteiger partial charge < -0.3 is 14.8 Å². The molecule has 0 radical (unpaired) electrons. The van der Waals surface area contributed by atoms with Gasteiger partial charge in [0, 0.05) is 10.7 Å². The fourth-order valence-corrected chi connectivity index (χ4v) is 2.81. The van der Waals surface area contributed by atoms with Gasteiger partial charge in [0.1, 0.15) is 11.5 Å². The molecule has 0 saturated carbocycles. The smallest absolute Gasteiger partial charge is 0.262 e. The van der Waals surface area contributed by atoms with Crippen LogP contribution in [-0.4, -0.2) is 19.1 Å². The van der Waals surface area contributed by atoms with E-state index in [0.29, 0.717) is 16.5 Å². The standard InChI is InChI=1S/C22H28ClNO3/c1-2-3-4-5-6-7-15-26-20-11-13-21(14-12-20)27-17-22(25)24-19-10-8-9-18(23)16-19/h8-14,16H,2-7,15,17H2,1H3,(H,24,25). The molecule has 0 unspecified atom stereocenters. The van der Waals surface area contributed by atoms with Crippen LogP contribution in [0.15, 0.2) is 48.5 Å². The number of ether oxygens (including phenoxy) is 2. The summed E-state index contributed by atoms with van der Waals surface area (Å²) in [4.78, 5) is 11.9. The molecule has 0 saturated heterocycles. The minimum atomic E-state index is -0.235. The molecule has 0 aliphatic rings. The lowest BCUT2D eigenvalue weighted by molar-refractivity contribution is -0.118. The van der Waals surface area contributed by atoms with E-state index in [-0.39, 0.29) is 12.5 Å². The molecule has 27 heavy (non-hydrogen) atoms. The van der Waals surface area contributed by atoms with Crippen LogP contribution in [0.3, 0.4) is 0 Å². The third kappa shape index (κ3) is 8.83. The Morgan fingerprint density at radius 2 is 1.59 bits per heavy atom. The predicted molar refractivity (Wildman–Crippen MR) is 111 cm³/mol. The number of benzene rings is 2. The molecule has 0 spiro atoms. The second kappa shape index (κ2) is 12.2. The van der Waals surface area contributed by atoms with Crippen molar-refractivity contribution in [1.29, 1.82) is 0 Å². The van der Waals surface area contributed by atoms with Gasteiger partial charge in [-0.3, -0.25) is 4.79 Å². The van der Waals surface area contributed by atoms with Crippen molar-refractivity contribution in [2.24, 2.45) is 0 Å². The normalized spacial score (nSPS) is 10.4. The van der Waals surface area contributed by atoms with Crippen LogP contribution >= 0.6 is 11.6 Å². The third-order valence-corrected chi connectivity index (χ3v) is 4.30. The number of carbonyl (C=O) groups is 1. The first-order valence-electron chi connectivity index (χ1n) is 9.58. The van der Waals surface area contributed by atoms with Gasteiger partial charge in [0.2, 0.25) is 0 Å². The molecular weight excluding hydrogens is 362 g/mol. The molecule has 0 fully saturated rings. The van der Waals surface area contributed by atoms with Crippen LogP contribution in [0.2, 0.25) is 5.02 Å². The molecule has 0 aromatic heterocycles. The monoisotopic (exact) mass is 389 g/mol. The minimum Gasteiger partial charge on any atom is -0.494 e. The van der Waals surface area contributed by atoms with Gasteiger partial charge in [0.05, 0.1) is 6.61 Å². The summed E-state index contributed by atoms with van der Waals surface area (Å²) in [5.74, 6) is 1.21. The molecule has 0 aliphatic carbocycles. The van der Waals surface area contributed by atoms with Crippen LogP contribution in [0, 0.1) is 0 Å². The number of hydrogen-bond acceptors (Lipinski definition) is 3. The fraction of sp³-hybridized carbons (Fsp3) is 0.409. The van der Waals surface area contributed by atoms with Gasteiger partial charge in [-0.2, -0.15) is 0 Å². The van der Waals surface area contributed by atoms with Crippen LogP contribution in [0.4, 0.5) is 5.69 Å². The van der Waals surface area contributed by atoms with Gasteiger partial charge in [-0.25, -0.2) is 0 Å². The zero-order valence-electron chi connectivity index (χ0n) is 15.9. The predicted octanol–water partition coefficient (Wildman–Crippen LogP) is 6.10. The molecule has 1 amide bonds. The van der Waals surface area contributed by atoms with Crippen LogP contribution in [0.5, 0.6) is 11.5 Å². The van der Waals surface area contributed by atoms with Crippen LogP contribution < -0.4 is 14.8 Å². The van der Waals surface area contributed by atoms with Gasteiger partial charge in [-0.15, -0.1) is 0 Å². The number of halogens is 1. The van der Waals surface area contributed by atoms with Gasteiger partial charge in [-0.05, 0) is 48.9 Å². The Bertz CT molecular complexity index is 688. The minimum absolute atomic E-state index is 0.0650. The summed E-state index contributed by atoms with van der Waals surface area (Å²) in [7, 11) is 0. The first-order chi connectivity index (χ1) is 13.2. The van der Waals surface area contributed by atoms with Crippen molar-refractivity contribution in [2.45, 2.75) is 45.4 Å². The number of amides is 1. The topological polar surface area (TPSA) is 47.6 Å². The summed E-state index contributed by atoms with van der Waals surface area (Å²) < 4.78 is 11.2. The highest BCUT2D eigenvalue weighted by Gasteiger charge is 2.04. The quantitative estimate of drug-likeness (QED) is 0.446. The lowest BCUT2D eigenvalue weighted by Gasteiger charge is -2.09. The summed E-state index contributed by atoms with van der Waals surface area (Å²) in [5, 5.41) is 3.32. The Morgan fingerprint density at radius 3 is 2.30 bits per heavy atom. The molecule has 2 rings (SSSR count). The van der Waals surface area contributed by atoms with Gasteiger partial charge in [-0.1, -0.05) is 56.7 Å². The molecule has 4 nitrogen and oxygen atoms in total. The van der Waals surface area contributed by atoms with E-state index in [0.717, 1.165) is 18.8 Å². The van der Waals surface area contributed by atoms with E-state index in [1.807, 2.05) is 24.3 Å². The van der Waals surface area contributed by atoms with Crippen molar-refractivity contribution in [1.82, 2.24) is 0 Å². The molecule has 0 bridgehead atoms. The van der Waals surface area contributed by atoms with Crippen LogP contribution in [0.1, 0.15) is 45.4 Å². The summed E-state index contributed by atoms with van der Waals surface area (Å²) in [6.45, 7) is 2.89. The summed E-state index contributed by atoms with van der Waals surface area (Å²) in [5.41, 5.74) is 0.648. The maximum atomic E-state index is 11.9. The number of hydrogen-bond donors (Lipinski definition) is 1. The first-order valence-corrected chi connectivity index (χ1v) is 9.96. The van der Waals surface area contributed by atoms with Crippen LogP contribution in [0.25, 0.3) is 0 Å². The highest BCUT2D eigenvalue weighted by atomic mass is 35.5. The fourth-order valence-electron chi connectivity index (χ4n) is 2.62. The molecule has 0 aliphatic heterocycles. The van der Waals surface area contributed by atoms with E-state index < -0.39 is 0 Å². The second-order valence-electron chi connectivity index (χ2n) is 6.43. The highest BCUT2D eigenvalue weighted by Crippen LogP contribution is 2.19. The van der Waals surface area contributed by atoms with E-state index >= 15 is 0 Å². The molecule has 2 aromatic carbocycles. The van der Waals surface area contributed by atoms with Crippen molar-refractivity contribution in [3.8, 4) is 11.5 Å². The van der Waals surface area contributed by atoms with E-state index in [2.05, 4.69) is 12.2 Å². The summed E-state index contributed by atoms with van der Waals surface area (Å²) >= 11 is 5.90. The largest absolute Gasteiger partial charge is 0.494 e. The van der Waals surface area contributed by atoms with E-state index in [1.54, 1.807) is 24.3 Å². The maximum Gasteiger partial charge on any atom is 0.262 e. The second-order valence-corrected chi connectivity index (χ2v) is 6.87.